The number of hydrogen-bond acceptors (Lipinski definition) is 7. The van der Waals surface area contributed by atoms with E-state index in [2.05, 4.69) is 5.10 Å². The Kier molecular flexibility index (Phi) is 5.75. The number of fused-ring (bicyclic) bond motifs is 3. The highest BCUT2D eigenvalue weighted by Crippen LogP contribution is 2.35. The third-order valence-electron chi connectivity index (χ3n) is 5.88. The van der Waals surface area contributed by atoms with E-state index in [0.717, 1.165) is 42.8 Å². The number of aliphatic carboxylic acids is 1. The van der Waals surface area contributed by atoms with Crippen molar-refractivity contribution in [3.63, 3.8) is 0 Å². The maximum absolute atomic E-state index is 13.0. The molecule has 1 saturated heterocycles. The molecule has 1 amide bonds. The molecule has 3 aromatic heterocycles. The summed E-state index contributed by atoms with van der Waals surface area (Å²) in [5.74, 6) is -1.51. The Morgan fingerprint density at radius 3 is 2.59 bits per heavy atom. The van der Waals surface area contributed by atoms with Gasteiger partial charge in [-0.05, 0) is 47.4 Å². The molecule has 0 atom stereocenters. The SMILES string of the molecule is O=C(O)CN1C(=O)/C(=C\c2ccc(-c3ccc(-n4nc5c6ccccc6ccn5c4=O)cc3)s2)SC1=S. The number of thiophene rings is 1. The van der Waals surface area contributed by atoms with E-state index in [1.54, 1.807) is 16.7 Å². The van der Waals surface area contributed by atoms with Gasteiger partial charge in [-0.15, -0.1) is 16.4 Å². The van der Waals surface area contributed by atoms with Gasteiger partial charge in [-0.2, -0.15) is 4.68 Å². The van der Waals surface area contributed by atoms with Crippen molar-refractivity contribution >= 4 is 74.0 Å². The Hall–Kier alpha value is -4.06. The Bertz CT molecular complexity index is 1830. The summed E-state index contributed by atoms with van der Waals surface area (Å²) in [5.41, 5.74) is 1.96. The third-order valence-corrected chi connectivity index (χ3v) is 8.34. The van der Waals surface area contributed by atoms with Gasteiger partial charge in [0.1, 0.15) is 10.9 Å². The summed E-state index contributed by atoms with van der Waals surface area (Å²) in [5, 5.41) is 15.5. The van der Waals surface area contributed by atoms with Gasteiger partial charge in [-0.1, -0.05) is 60.4 Å². The van der Waals surface area contributed by atoms with Crippen molar-refractivity contribution in [1.29, 1.82) is 0 Å². The van der Waals surface area contributed by atoms with Crippen LogP contribution in [0.2, 0.25) is 0 Å². The maximum Gasteiger partial charge on any atom is 0.355 e. The second-order valence-corrected chi connectivity index (χ2v) is 11.0. The minimum atomic E-state index is -1.11. The Labute approximate surface area is 223 Å². The number of carbonyl (C=O) groups excluding carboxylic acids is 1. The Morgan fingerprint density at radius 1 is 1.03 bits per heavy atom. The zero-order chi connectivity index (χ0) is 25.7. The van der Waals surface area contributed by atoms with Crippen LogP contribution >= 0.6 is 35.3 Å². The zero-order valence-corrected chi connectivity index (χ0v) is 21.3. The number of hydrogen-bond donors (Lipinski definition) is 1. The van der Waals surface area contributed by atoms with Crippen LogP contribution in [0.4, 0.5) is 0 Å². The van der Waals surface area contributed by atoms with Gasteiger partial charge in [0, 0.05) is 21.3 Å². The first-order chi connectivity index (χ1) is 17.9. The highest BCUT2D eigenvalue weighted by atomic mass is 32.2. The number of carbonyl (C=O) groups is 2. The van der Waals surface area contributed by atoms with Crippen LogP contribution in [0, 0.1) is 0 Å². The minimum Gasteiger partial charge on any atom is -0.480 e. The van der Waals surface area contributed by atoms with Gasteiger partial charge in [-0.25, -0.2) is 9.20 Å². The summed E-state index contributed by atoms with van der Waals surface area (Å²) in [6.07, 6.45) is 3.46. The lowest BCUT2D eigenvalue weighted by Gasteiger charge is -2.09. The molecule has 1 aliphatic rings. The van der Waals surface area contributed by atoms with Crippen LogP contribution in [0.3, 0.4) is 0 Å². The molecule has 1 fully saturated rings. The number of rotatable bonds is 5. The first-order valence-electron chi connectivity index (χ1n) is 11.1. The first-order valence-corrected chi connectivity index (χ1v) is 13.1. The van der Waals surface area contributed by atoms with Gasteiger partial charge in [-0.3, -0.25) is 14.5 Å². The summed E-state index contributed by atoms with van der Waals surface area (Å²) in [6, 6.07) is 21.1. The number of pyridine rings is 1. The number of carboxylic acids is 1. The summed E-state index contributed by atoms with van der Waals surface area (Å²) in [6.45, 7) is -0.449. The van der Waals surface area contributed by atoms with Crippen molar-refractivity contribution < 1.29 is 14.7 Å². The van der Waals surface area contributed by atoms with Crippen LogP contribution in [-0.4, -0.2) is 46.9 Å². The zero-order valence-electron chi connectivity index (χ0n) is 18.9. The van der Waals surface area contributed by atoms with E-state index >= 15 is 0 Å². The molecule has 37 heavy (non-hydrogen) atoms. The molecule has 2 aromatic carbocycles. The van der Waals surface area contributed by atoms with Gasteiger partial charge in [0.15, 0.2) is 5.65 Å². The van der Waals surface area contributed by atoms with Gasteiger partial charge in [0.05, 0.1) is 10.6 Å². The van der Waals surface area contributed by atoms with E-state index in [-0.39, 0.29) is 10.0 Å². The predicted octanol–water partition coefficient (Wildman–Crippen LogP) is 4.65. The third kappa shape index (κ3) is 4.16. The van der Waals surface area contributed by atoms with Crippen molar-refractivity contribution in [1.82, 2.24) is 19.1 Å². The second-order valence-electron chi connectivity index (χ2n) is 8.20. The lowest BCUT2D eigenvalue weighted by Crippen LogP contribution is -2.33. The number of nitrogens with zero attached hydrogens (tertiary/aromatic N) is 4. The number of amides is 1. The van der Waals surface area contributed by atoms with Crippen molar-refractivity contribution in [2.24, 2.45) is 0 Å². The van der Waals surface area contributed by atoms with Crippen molar-refractivity contribution in [2.45, 2.75) is 0 Å². The number of carboxylic acid groups (broad SMARTS) is 1. The number of aromatic nitrogens is 3. The summed E-state index contributed by atoms with van der Waals surface area (Å²) >= 11 is 7.74. The normalized spacial score (nSPS) is 14.9. The fraction of sp³-hybridized carbons (Fsp3) is 0.0385. The second kappa shape index (κ2) is 9.11. The fourth-order valence-electron chi connectivity index (χ4n) is 4.12. The molecule has 5 aromatic rings. The molecule has 0 unspecified atom stereocenters. The van der Waals surface area contributed by atoms with Crippen LogP contribution in [0.5, 0.6) is 0 Å². The largest absolute Gasteiger partial charge is 0.480 e. The van der Waals surface area contributed by atoms with E-state index in [0.29, 0.717) is 16.2 Å². The lowest BCUT2D eigenvalue weighted by atomic mass is 10.2. The molecule has 0 bridgehead atoms. The predicted molar refractivity (Wildman–Crippen MR) is 149 cm³/mol. The molecule has 0 aliphatic carbocycles. The van der Waals surface area contributed by atoms with Gasteiger partial charge in [0.2, 0.25) is 0 Å². The average molecular weight is 545 g/mol. The molecule has 11 heteroatoms. The molecule has 1 N–H and O–H groups in total. The molecule has 0 spiro atoms. The minimum absolute atomic E-state index is 0.237. The number of benzene rings is 2. The van der Waals surface area contributed by atoms with Gasteiger partial charge < -0.3 is 5.11 Å². The van der Waals surface area contributed by atoms with Crippen molar-refractivity contribution in [3.05, 3.63) is 93.2 Å². The van der Waals surface area contributed by atoms with E-state index in [1.165, 1.54) is 16.0 Å². The Balaban J connectivity index is 1.27. The van der Waals surface area contributed by atoms with E-state index in [1.807, 2.05) is 66.7 Å². The smallest absolute Gasteiger partial charge is 0.355 e. The standard InChI is InChI=1S/C26H16N4O4S3/c31-22(32)14-29-24(33)21(37-26(29)35)13-18-9-10-20(36-18)16-5-7-17(8-6-16)30-25(34)28-12-11-15-3-1-2-4-19(15)23(28)27-30/h1-13H,14H2,(H,31,32)/b21-13+. The van der Waals surface area contributed by atoms with Crippen LogP contribution < -0.4 is 5.69 Å². The fourth-order valence-corrected chi connectivity index (χ4v) is 6.40. The Morgan fingerprint density at radius 2 is 1.81 bits per heavy atom. The summed E-state index contributed by atoms with van der Waals surface area (Å²) in [7, 11) is 0. The van der Waals surface area contributed by atoms with Gasteiger partial charge >= 0.3 is 11.7 Å². The van der Waals surface area contributed by atoms with Crippen LogP contribution in [-0.2, 0) is 9.59 Å². The summed E-state index contributed by atoms with van der Waals surface area (Å²) < 4.78 is 3.17. The highest BCUT2D eigenvalue weighted by molar-refractivity contribution is 8.26. The molecule has 8 nitrogen and oxygen atoms in total. The van der Waals surface area contributed by atoms with Crippen molar-refractivity contribution in [3.8, 4) is 16.1 Å². The molecule has 0 radical (unpaired) electrons. The van der Waals surface area contributed by atoms with E-state index in [4.69, 9.17) is 17.3 Å². The van der Waals surface area contributed by atoms with E-state index < -0.39 is 18.4 Å². The topological polar surface area (TPSA) is 96.9 Å². The number of thioether (sulfide) groups is 1. The van der Waals surface area contributed by atoms with Crippen molar-refractivity contribution in [2.75, 3.05) is 6.54 Å². The van der Waals surface area contributed by atoms with Crippen LogP contribution in [0.1, 0.15) is 4.88 Å². The first kappa shape index (κ1) is 23.3. The van der Waals surface area contributed by atoms with Crippen LogP contribution in [0.25, 0.3) is 38.6 Å². The molecule has 0 saturated carbocycles. The molecule has 182 valence electrons. The maximum atomic E-state index is 13.0. The quantitative estimate of drug-likeness (QED) is 0.254. The summed E-state index contributed by atoms with van der Waals surface area (Å²) in [4.78, 5) is 39.8. The van der Waals surface area contributed by atoms with E-state index in [9.17, 15) is 14.4 Å². The molecule has 4 heterocycles. The lowest BCUT2D eigenvalue weighted by molar-refractivity contribution is -0.140. The molecular formula is C26H16N4O4S3. The molecule has 6 rings (SSSR count). The highest BCUT2D eigenvalue weighted by Gasteiger charge is 2.33. The van der Waals surface area contributed by atoms with Gasteiger partial charge in [0.25, 0.3) is 5.91 Å². The average Bonchev–Trinajstić information content (AvgIpc) is 3.57. The monoisotopic (exact) mass is 544 g/mol. The molecular weight excluding hydrogens is 529 g/mol. The van der Waals surface area contributed by atoms with Crippen LogP contribution in [0.15, 0.2) is 82.6 Å². The number of thiocarbonyl (C=S) groups is 1. The molecule has 1 aliphatic heterocycles.